The molecular weight excluding hydrogens is 312 g/mol. The number of nitrogens with zero attached hydrogens (tertiary/aromatic N) is 1. The lowest BCUT2D eigenvalue weighted by atomic mass is 9.89. The van der Waals surface area contributed by atoms with Crippen LogP contribution in [0.3, 0.4) is 0 Å². The smallest absolute Gasteiger partial charge is 0.243 e. The molecule has 0 fully saturated rings. The highest BCUT2D eigenvalue weighted by molar-refractivity contribution is 6.30. The number of benzene rings is 1. The van der Waals surface area contributed by atoms with Crippen LogP contribution in [-0.2, 0) is 4.79 Å². The molecule has 2 atom stereocenters. The van der Waals surface area contributed by atoms with Crippen molar-refractivity contribution < 1.29 is 9.53 Å². The molecule has 1 amide bonds. The average Bonchev–Trinajstić information content (AvgIpc) is 2.57. The quantitative estimate of drug-likeness (QED) is 0.863. The van der Waals surface area contributed by atoms with Crippen LogP contribution in [0.2, 0.25) is 5.02 Å². The fourth-order valence-electron chi connectivity index (χ4n) is 2.80. The van der Waals surface area contributed by atoms with E-state index in [-0.39, 0.29) is 18.1 Å². The zero-order chi connectivity index (χ0) is 16.2. The summed E-state index contributed by atoms with van der Waals surface area (Å²) < 4.78 is 6.06. The third kappa shape index (κ3) is 3.54. The van der Waals surface area contributed by atoms with Crippen LogP contribution in [0.15, 0.2) is 55.3 Å². The molecule has 1 aliphatic carbocycles. The summed E-state index contributed by atoms with van der Waals surface area (Å²) in [7, 11) is 0. The number of hydrogen-bond acceptors (Lipinski definition) is 3. The largest absolute Gasteiger partial charge is 0.484 e. The highest BCUT2D eigenvalue weighted by Gasteiger charge is 2.30. The number of hydrogen-bond donors (Lipinski definition) is 1. The van der Waals surface area contributed by atoms with Gasteiger partial charge in [0.25, 0.3) is 0 Å². The summed E-state index contributed by atoms with van der Waals surface area (Å²) in [5, 5.41) is 3.58. The molecule has 0 saturated heterocycles. The van der Waals surface area contributed by atoms with Gasteiger partial charge in [-0.3, -0.25) is 9.78 Å². The molecule has 0 unspecified atom stereocenters. The Labute approximate surface area is 140 Å². The SMILES string of the molecule is C=CC(=O)N[C@H]1CC[C@@H](Oc2cccc(Cl)c2)c2ncccc21. The summed E-state index contributed by atoms with van der Waals surface area (Å²) in [5.74, 6) is 0.534. The molecule has 2 aromatic rings. The normalized spacial score (nSPS) is 19.5. The third-order valence-electron chi connectivity index (χ3n) is 3.85. The standard InChI is InChI=1S/C18H17ClN2O2/c1-2-17(22)21-15-8-9-16(18-14(15)7-4-10-20-18)23-13-6-3-5-12(19)11-13/h2-7,10-11,15-16H,1,8-9H2,(H,21,22)/t15-,16+/m0/s1. The maximum Gasteiger partial charge on any atom is 0.243 e. The van der Waals surface area contributed by atoms with Crippen molar-refractivity contribution in [1.29, 1.82) is 0 Å². The number of rotatable bonds is 4. The molecule has 0 aliphatic heterocycles. The number of carbonyl (C=O) groups excluding carboxylic acids is 1. The zero-order valence-electron chi connectivity index (χ0n) is 12.5. The lowest BCUT2D eigenvalue weighted by molar-refractivity contribution is -0.117. The predicted molar refractivity (Wildman–Crippen MR) is 89.4 cm³/mol. The first kappa shape index (κ1) is 15.6. The van der Waals surface area contributed by atoms with E-state index in [9.17, 15) is 4.79 Å². The van der Waals surface area contributed by atoms with E-state index in [2.05, 4.69) is 16.9 Å². The molecule has 4 nitrogen and oxygen atoms in total. The Kier molecular flexibility index (Phi) is 4.63. The first-order valence-corrected chi connectivity index (χ1v) is 7.85. The highest BCUT2D eigenvalue weighted by Crippen LogP contribution is 2.37. The van der Waals surface area contributed by atoms with Gasteiger partial charge < -0.3 is 10.1 Å². The predicted octanol–water partition coefficient (Wildman–Crippen LogP) is 3.99. The third-order valence-corrected chi connectivity index (χ3v) is 4.08. The van der Waals surface area contributed by atoms with Gasteiger partial charge >= 0.3 is 0 Å². The second-order valence-electron chi connectivity index (χ2n) is 5.38. The molecule has 1 heterocycles. The molecule has 0 spiro atoms. The van der Waals surface area contributed by atoms with Crippen LogP contribution in [0, 0.1) is 0 Å². The van der Waals surface area contributed by atoms with E-state index in [4.69, 9.17) is 16.3 Å². The maximum absolute atomic E-state index is 11.6. The van der Waals surface area contributed by atoms with E-state index in [0.29, 0.717) is 10.8 Å². The van der Waals surface area contributed by atoms with Crippen molar-refractivity contribution >= 4 is 17.5 Å². The van der Waals surface area contributed by atoms with Crippen LogP contribution in [0.5, 0.6) is 5.75 Å². The Bertz CT molecular complexity index is 732. The topological polar surface area (TPSA) is 51.2 Å². The summed E-state index contributed by atoms with van der Waals surface area (Å²) in [5.41, 5.74) is 1.84. The molecule has 23 heavy (non-hydrogen) atoms. The molecule has 1 N–H and O–H groups in total. The van der Waals surface area contributed by atoms with Crippen molar-refractivity contribution in [3.05, 3.63) is 71.5 Å². The van der Waals surface area contributed by atoms with Gasteiger partial charge in [-0.2, -0.15) is 0 Å². The van der Waals surface area contributed by atoms with E-state index >= 15 is 0 Å². The fourth-order valence-corrected chi connectivity index (χ4v) is 2.98. The first-order chi connectivity index (χ1) is 11.2. The number of halogens is 1. The van der Waals surface area contributed by atoms with E-state index in [0.717, 1.165) is 24.1 Å². The van der Waals surface area contributed by atoms with Gasteiger partial charge in [0.05, 0.1) is 11.7 Å². The van der Waals surface area contributed by atoms with Crippen molar-refractivity contribution in [3.8, 4) is 5.75 Å². The maximum atomic E-state index is 11.6. The van der Waals surface area contributed by atoms with Gasteiger partial charge in [-0.25, -0.2) is 0 Å². The highest BCUT2D eigenvalue weighted by atomic mass is 35.5. The van der Waals surface area contributed by atoms with Gasteiger partial charge in [-0.05, 0) is 48.7 Å². The van der Waals surface area contributed by atoms with Crippen molar-refractivity contribution in [2.45, 2.75) is 25.0 Å². The Hall–Kier alpha value is -2.33. The minimum Gasteiger partial charge on any atom is -0.484 e. The Morgan fingerprint density at radius 1 is 1.35 bits per heavy atom. The summed E-state index contributed by atoms with van der Waals surface area (Å²) in [6, 6.07) is 11.1. The van der Waals surface area contributed by atoms with Crippen LogP contribution in [0.25, 0.3) is 0 Å². The summed E-state index contributed by atoms with van der Waals surface area (Å²) in [6.07, 6.45) is 4.42. The summed E-state index contributed by atoms with van der Waals surface area (Å²) in [4.78, 5) is 16.1. The Morgan fingerprint density at radius 2 is 2.22 bits per heavy atom. The molecule has 3 rings (SSSR count). The number of fused-ring (bicyclic) bond motifs is 1. The zero-order valence-corrected chi connectivity index (χ0v) is 13.3. The molecule has 1 aliphatic rings. The monoisotopic (exact) mass is 328 g/mol. The van der Waals surface area contributed by atoms with Gasteiger partial charge in [0.2, 0.25) is 5.91 Å². The molecule has 1 aromatic carbocycles. The molecular formula is C18H17ClN2O2. The van der Waals surface area contributed by atoms with Gasteiger partial charge in [-0.15, -0.1) is 0 Å². The van der Waals surface area contributed by atoms with Crippen LogP contribution in [0.4, 0.5) is 0 Å². The van der Waals surface area contributed by atoms with Crippen molar-refractivity contribution in [2.75, 3.05) is 0 Å². The van der Waals surface area contributed by atoms with Crippen molar-refractivity contribution in [1.82, 2.24) is 10.3 Å². The minimum atomic E-state index is -0.181. The van der Waals surface area contributed by atoms with E-state index in [1.807, 2.05) is 30.3 Å². The van der Waals surface area contributed by atoms with E-state index in [1.165, 1.54) is 6.08 Å². The molecule has 0 saturated carbocycles. The fraction of sp³-hybridized carbons (Fsp3) is 0.222. The average molecular weight is 329 g/mol. The summed E-state index contributed by atoms with van der Waals surface area (Å²) in [6.45, 7) is 3.50. The van der Waals surface area contributed by atoms with Crippen LogP contribution < -0.4 is 10.1 Å². The lowest BCUT2D eigenvalue weighted by Gasteiger charge is -2.31. The van der Waals surface area contributed by atoms with Crippen LogP contribution >= 0.6 is 11.6 Å². The van der Waals surface area contributed by atoms with Gasteiger partial charge in [-0.1, -0.05) is 30.3 Å². The summed E-state index contributed by atoms with van der Waals surface area (Å²) >= 11 is 6.01. The van der Waals surface area contributed by atoms with Crippen molar-refractivity contribution in [2.24, 2.45) is 0 Å². The number of carbonyl (C=O) groups is 1. The number of ether oxygens (including phenoxy) is 1. The number of amides is 1. The van der Waals surface area contributed by atoms with Gasteiger partial charge in [0, 0.05) is 11.2 Å². The molecule has 118 valence electrons. The van der Waals surface area contributed by atoms with E-state index < -0.39 is 0 Å². The molecule has 0 radical (unpaired) electrons. The van der Waals surface area contributed by atoms with Crippen LogP contribution in [0.1, 0.15) is 36.2 Å². The second-order valence-corrected chi connectivity index (χ2v) is 5.82. The van der Waals surface area contributed by atoms with Gasteiger partial charge in [0.1, 0.15) is 11.9 Å². The van der Waals surface area contributed by atoms with Crippen molar-refractivity contribution in [3.63, 3.8) is 0 Å². The Balaban J connectivity index is 1.85. The molecule has 1 aromatic heterocycles. The molecule has 5 heteroatoms. The first-order valence-electron chi connectivity index (χ1n) is 7.47. The van der Waals surface area contributed by atoms with Crippen LogP contribution in [-0.4, -0.2) is 10.9 Å². The number of pyridine rings is 1. The number of aromatic nitrogens is 1. The number of nitrogens with one attached hydrogen (secondary N) is 1. The van der Waals surface area contributed by atoms with Gasteiger partial charge in [0.15, 0.2) is 0 Å². The second kappa shape index (κ2) is 6.84. The van der Waals surface area contributed by atoms with E-state index in [1.54, 1.807) is 12.3 Å². The molecule has 0 bridgehead atoms. The minimum absolute atomic E-state index is 0.0663. The lowest BCUT2D eigenvalue weighted by Crippen LogP contribution is -2.32. The Morgan fingerprint density at radius 3 is 3.00 bits per heavy atom.